The molecule has 0 aliphatic rings. The van der Waals surface area contributed by atoms with Crippen LogP contribution >= 0.6 is 23.2 Å². The van der Waals surface area contributed by atoms with Crippen molar-refractivity contribution in [2.24, 2.45) is 5.92 Å². The average molecular weight is 300 g/mol. The Bertz CT molecular complexity index is 533. The molecule has 1 N–H and O–H groups in total. The Morgan fingerprint density at radius 1 is 1.26 bits per heavy atom. The highest BCUT2D eigenvalue weighted by atomic mass is 35.5. The second-order valence-corrected chi connectivity index (χ2v) is 5.42. The van der Waals surface area contributed by atoms with E-state index in [-0.39, 0.29) is 0 Å². The van der Waals surface area contributed by atoms with Gasteiger partial charge in [0.2, 0.25) is 0 Å². The Labute approximate surface area is 121 Å². The summed E-state index contributed by atoms with van der Waals surface area (Å²) in [7, 11) is 0. The van der Waals surface area contributed by atoms with Crippen LogP contribution in [-0.2, 0) is 6.54 Å². The molecule has 0 saturated heterocycles. The van der Waals surface area contributed by atoms with Crippen LogP contribution in [0, 0.1) is 5.92 Å². The lowest BCUT2D eigenvalue weighted by molar-refractivity contribution is 0.538. The lowest BCUT2D eigenvalue weighted by Crippen LogP contribution is -2.21. The van der Waals surface area contributed by atoms with Crippen LogP contribution < -0.4 is 5.32 Å². The van der Waals surface area contributed by atoms with E-state index in [4.69, 9.17) is 23.2 Å². The molecule has 1 heterocycles. The van der Waals surface area contributed by atoms with Gasteiger partial charge in [-0.25, -0.2) is 0 Å². The van der Waals surface area contributed by atoms with Crippen LogP contribution in [-0.4, -0.2) is 26.8 Å². The van der Waals surface area contributed by atoms with E-state index in [1.54, 1.807) is 22.9 Å². The Kier molecular flexibility index (Phi) is 4.74. The molecule has 19 heavy (non-hydrogen) atoms. The summed E-state index contributed by atoms with van der Waals surface area (Å²) >= 11 is 12.3. The Balaban J connectivity index is 2.24. The van der Waals surface area contributed by atoms with E-state index in [0.29, 0.717) is 34.0 Å². The van der Waals surface area contributed by atoms with Crippen LogP contribution in [0.1, 0.15) is 19.7 Å². The van der Waals surface area contributed by atoms with Crippen LogP contribution in [0.3, 0.4) is 0 Å². The molecule has 0 bridgehead atoms. The molecular formula is C12H15Cl2N5. The Hall–Kier alpha value is -1.17. The summed E-state index contributed by atoms with van der Waals surface area (Å²) < 4.78 is 1.57. The van der Waals surface area contributed by atoms with Crippen LogP contribution in [0.4, 0.5) is 0 Å². The van der Waals surface area contributed by atoms with Gasteiger partial charge in [-0.2, -0.15) is 4.68 Å². The summed E-state index contributed by atoms with van der Waals surface area (Å²) in [6.45, 7) is 5.73. The van der Waals surface area contributed by atoms with Crippen LogP contribution in [0.5, 0.6) is 0 Å². The minimum absolute atomic E-state index is 0.518. The van der Waals surface area contributed by atoms with E-state index < -0.39 is 0 Å². The quantitative estimate of drug-likeness (QED) is 0.922. The molecule has 1 aromatic heterocycles. The van der Waals surface area contributed by atoms with Gasteiger partial charge in [0.1, 0.15) is 5.69 Å². The normalized spacial score (nSPS) is 11.2. The molecule has 0 amide bonds. The number of hydrogen-bond acceptors (Lipinski definition) is 4. The van der Waals surface area contributed by atoms with Gasteiger partial charge in [0.15, 0.2) is 5.82 Å². The fourth-order valence-electron chi connectivity index (χ4n) is 1.65. The summed E-state index contributed by atoms with van der Waals surface area (Å²) in [6, 6.07) is 5.31. The number of hydrogen-bond donors (Lipinski definition) is 1. The number of rotatable bonds is 5. The topological polar surface area (TPSA) is 55.6 Å². The van der Waals surface area contributed by atoms with Crippen LogP contribution in [0.25, 0.3) is 5.69 Å². The molecule has 0 aliphatic carbocycles. The van der Waals surface area contributed by atoms with Crippen molar-refractivity contribution < 1.29 is 0 Å². The predicted octanol–water partition coefficient (Wildman–Crippen LogP) is 2.71. The van der Waals surface area contributed by atoms with Crippen molar-refractivity contribution in [3.63, 3.8) is 0 Å². The monoisotopic (exact) mass is 299 g/mol. The van der Waals surface area contributed by atoms with Gasteiger partial charge in [0.25, 0.3) is 0 Å². The van der Waals surface area contributed by atoms with E-state index >= 15 is 0 Å². The highest BCUT2D eigenvalue weighted by Gasteiger charge is 2.14. The second-order valence-electron chi connectivity index (χ2n) is 4.60. The Morgan fingerprint density at radius 2 is 1.95 bits per heavy atom. The van der Waals surface area contributed by atoms with Crippen LogP contribution in [0.15, 0.2) is 18.2 Å². The lowest BCUT2D eigenvalue weighted by Gasteiger charge is -2.10. The number of halogens is 2. The van der Waals surface area contributed by atoms with Gasteiger partial charge in [0, 0.05) is 0 Å². The van der Waals surface area contributed by atoms with Gasteiger partial charge in [-0.3, -0.25) is 0 Å². The number of nitrogens with one attached hydrogen (secondary N) is 1. The first-order valence-corrected chi connectivity index (χ1v) is 6.77. The number of tetrazole rings is 1. The molecule has 0 atom stereocenters. The third-order valence-corrected chi connectivity index (χ3v) is 3.13. The highest BCUT2D eigenvalue weighted by molar-refractivity contribution is 6.37. The first kappa shape index (κ1) is 14.2. The summed E-state index contributed by atoms with van der Waals surface area (Å²) in [4.78, 5) is 0. The predicted molar refractivity (Wildman–Crippen MR) is 75.7 cm³/mol. The SMILES string of the molecule is CC(C)CNCc1nnnn1-c1c(Cl)cccc1Cl. The van der Waals surface area contributed by atoms with Crippen molar-refractivity contribution in [3.05, 3.63) is 34.1 Å². The zero-order valence-corrected chi connectivity index (χ0v) is 12.3. The van der Waals surface area contributed by atoms with Gasteiger partial charge >= 0.3 is 0 Å². The van der Waals surface area contributed by atoms with Gasteiger partial charge in [-0.1, -0.05) is 43.1 Å². The Morgan fingerprint density at radius 3 is 2.58 bits per heavy atom. The van der Waals surface area contributed by atoms with Crippen LogP contribution in [0.2, 0.25) is 10.0 Å². The molecule has 0 aliphatic heterocycles. The number of para-hydroxylation sites is 1. The zero-order chi connectivity index (χ0) is 13.8. The van der Waals surface area contributed by atoms with Crippen molar-refractivity contribution in [3.8, 4) is 5.69 Å². The minimum atomic E-state index is 0.518. The standard InChI is InChI=1S/C12H15Cl2N5/c1-8(2)6-15-7-11-16-17-18-19(11)12-9(13)4-3-5-10(12)14/h3-5,8,15H,6-7H2,1-2H3. The van der Waals surface area contributed by atoms with Gasteiger partial charge < -0.3 is 5.32 Å². The van der Waals surface area contributed by atoms with E-state index in [1.807, 2.05) is 0 Å². The third kappa shape index (κ3) is 3.43. The summed E-state index contributed by atoms with van der Waals surface area (Å²) in [6.07, 6.45) is 0. The number of nitrogens with zero attached hydrogens (tertiary/aromatic N) is 4. The van der Waals surface area contributed by atoms with Crippen molar-refractivity contribution in [2.45, 2.75) is 20.4 Å². The average Bonchev–Trinajstić information content (AvgIpc) is 2.77. The largest absolute Gasteiger partial charge is 0.310 e. The zero-order valence-electron chi connectivity index (χ0n) is 10.8. The highest BCUT2D eigenvalue weighted by Crippen LogP contribution is 2.27. The lowest BCUT2D eigenvalue weighted by atomic mass is 10.2. The molecule has 1 aromatic carbocycles. The maximum Gasteiger partial charge on any atom is 0.170 e. The van der Waals surface area contributed by atoms with Crippen molar-refractivity contribution in [2.75, 3.05) is 6.54 Å². The summed E-state index contributed by atoms with van der Waals surface area (Å²) in [5.74, 6) is 1.24. The third-order valence-electron chi connectivity index (χ3n) is 2.52. The van der Waals surface area contributed by atoms with Gasteiger partial charge in [-0.05, 0) is 35.0 Å². The summed E-state index contributed by atoms with van der Waals surface area (Å²) in [5.41, 5.74) is 0.609. The number of aromatic nitrogens is 4. The van der Waals surface area contributed by atoms with Gasteiger partial charge in [-0.15, -0.1) is 5.10 Å². The number of benzene rings is 1. The molecule has 0 fully saturated rings. The maximum absolute atomic E-state index is 6.16. The molecular weight excluding hydrogens is 285 g/mol. The molecule has 0 unspecified atom stereocenters. The smallest absolute Gasteiger partial charge is 0.170 e. The maximum atomic E-state index is 6.16. The fourth-order valence-corrected chi connectivity index (χ4v) is 2.21. The first-order chi connectivity index (χ1) is 9.09. The molecule has 102 valence electrons. The summed E-state index contributed by atoms with van der Waals surface area (Å²) in [5, 5.41) is 16.0. The van der Waals surface area contributed by atoms with E-state index in [0.717, 1.165) is 6.54 Å². The van der Waals surface area contributed by atoms with E-state index in [2.05, 4.69) is 34.7 Å². The molecule has 0 saturated carbocycles. The van der Waals surface area contributed by atoms with Crippen molar-refractivity contribution in [1.82, 2.24) is 25.5 Å². The minimum Gasteiger partial charge on any atom is -0.310 e. The molecule has 0 radical (unpaired) electrons. The molecule has 2 rings (SSSR count). The van der Waals surface area contributed by atoms with Gasteiger partial charge in [0.05, 0.1) is 16.6 Å². The molecule has 0 spiro atoms. The fraction of sp³-hybridized carbons (Fsp3) is 0.417. The van der Waals surface area contributed by atoms with Crippen molar-refractivity contribution >= 4 is 23.2 Å². The molecule has 2 aromatic rings. The molecule has 5 nitrogen and oxygen atoms in total. The molecule has 7 heteroatoms. The van der Waals surface area contributed by atoms with Crippen molar-refractivity contribution in [1.29, 1.82) is 0 Å². The van der Waals surface area contributed by atoms with E-state index in [1.165, 1.54) is 0 Å². The first-order valence-electron chi connectivity index (χ1n) is 6.02. The second kappa shape index (κ2) is 6.32. The van der Waals surface area contributed by atoms with E-state index in [9.17, 15) is 0 Å².